The van der Waals surface area contributed by atoms with Gasteiger partial charge in [0.25, 0.3) is 0 Å². The van der Waals surface area contributed by atoms with Crippen molar-refractivity contribution in [2.24, 2.45) is 4.99 Å². The highest BCUT2D eigenvalue weighted by molar-refractivity contribution is 6.45. The monoisotopic (exact) mass is 165 g/mol. The molecule has 0 spiro atoms. The predicted octanol–water partition coefficient (Wildman–Crippen LogP) is 2.15. The van der Waals surface area contributed by atoms with Crippen LogP contribution in [0.4, 0.5) is 0 Å². The third kappa shape index (κ3) is 1.63. The summed E-state index contributed by atoms with van der Waals surface area (Å²) in [6.45, 7) is 3.68. The van der Waals surface area contributed by atoms with Crippen molar-refractivity contribution >= 4 is 11.5 Å². The van der Waals surface area contributed by atoms with Crippen molar-refractivity contribution in [1.29, 1.82) is 0 Å². The molecule has 0 unspecified atom stereocenters. The van der Waals surface area contributed by atoms with Crippen LogP contribution in [0.1, 0.15) is 33.1 Å². The van der Waals surface area contributed by atoms with E-state index in [0.717, 1.165) is 12.8 Å². The average Bonchev–Trinajstić information content (AvgIpc) is 2.38. The summed E-state index contributed by atoms with van der Waals surface area (Å²) < 4.78 is 0. The molecule has 1 aliphatic rings. The largest absolute Gasteiger partial charge is 0.293 e. The van der Waals surface area contributed by atoms with Gasteiger partial charge in [-0.25, -0.2) is 0 Å². The topological polar surface area (TPSA) is 29.4 Å². The molecule has 12 heavy (non-hydrogen) atoms. The molecule has 0 aromatic rings. The number of nitrogens with zero attached hydrogens (tertiary/aromatic N) is 1. The molecule has 0 bridgehead atoms. The molecule has 66 valence electrons. The molecule has 2 heteroatoms. The minimum absolute atomic E-state index is 0.0914. The first-order valence-electron chi connectivity index (χ1n) is 4.33. The van der Waals surface area contributed by atoms with E-state index in [9.17, 15) is 4.79 Å². The van der Waals surface area contributed by atoms with Crippen LogP contribution >= 0.6 is 0 Å². The smallest absolute Gasteiger partial charge is 0.177 e. The fourth-order valence-corrected chi connectivity index (χ4v) is 1.72. The van der Waals surface area contributed by atoms with Crippen LogP contribution < -0.4 is 0 Å². The van der Waals surface area contributed by atoms with Crippen molar-refractivity contribution < 1.29 is 4.79 Å². The van der Waals surface area contributed by atoms with E-state index in [1.54, 1.807) is 14.0 Å². The quantitative estimate of drug-likeness (QED) is 0.576. The summed E-state index contributed by atoms with van der Waals surface area (Å²) in [5.74, 6) is 0.0914. The van der Waals surface area contributed by atoms with Gasteiger partial charge in [0.1, 0.15) is 5.71 Å². The number of carbonyl (C=O) groups is 1. The van der Waals surface area contributed by atoms with E-state index in [0.29, 0.717) is 5.71 Å². The first-order chi connectivity index (χ1) is 5.66. The van der Waals surface area contributed by atoms with Gasteiger partial charge in [-0.3, -0.25) is 9.79 Å². The number of aliphatic imine (C=N–C) groups is 1. The molecule has 0 heterocycles. The van der Waals surface area contributed by atoms with E-state index < -0.39 is 0 Å². The van der Waals surface area contributed by atoms with E-state index >= 15 is 0 Å². The highest BCUT2D eigenvalue weighted by Gasteiger charge is 2.18. The number of allylic oxidation sites excluding steroid dienone is 2. The van der Waals surface area contributed by atoms with Crippen LogP contribution in [0.3, 0.4) is 0 Å². The second-order valence-electron chi connectivity index (χ2n) is 3.24. The van der Waals surface area contributed by atoms with Gasteiger partial charge in [-0.15, -0.1) is 0 Å². The van der Waals surface area contributed by atoms with E-state index in [1.807, 2.05) is 0 Å². The molecule has 2 nitrogen and oxygen atoms in total. The number of hydrogen-bond donors (Lipinski definition) is 0. The van der Waals surface area contributed by atoms with Gasteiger partial charge >= 0.3 is 0 Å². The minimum atomic E-state index is 0.0914. The van der Waals surface area contributed by atoms with Crippen LogP contribution in [0, 0.1) is 0 Å². The maximum Gasteiger partial charge on any atom is 0.177 e. The zero-order valence-corrected chi connectivity index (χ0v) is 7.98. The lowest BCUT2D eigenvalue weighted by Gasteiger charge is -2.03. The molecular weight excluding hydrogens is 150 g/mol. The van der Waals surface area contributed by atoms with E-state index in [-0.39, 0.29) is 5.78 Å². The summed E-state index contributed by atoms with van der Waals surface area (Å²) in [6.07, 6.45) is 3.33. The van der Waals surface area contributed by atoms with Crippen LogP contribution in [0.25, 0.3) is 0 Å². The molecule has 0 saturated heterocycles. The molecule has 0 atom stereocenters. The summed E-state index contributed by atoms with van der Waals surface area (Å²) in [4.78, 5) is 15.2. The van der Waals surface area contributed by atoms with Crippen molar-refractivity contribution in [2.75, 3.05) is 7.05 Å². The van der Waals surface area contributed by atoms with Gasteiger partial charge in [-0.05, 0) is 31.8 Å². The van der Waals surface area contributed by atoms with Crippen molar-refractivity contribution in [2.45, 2.75) is 33.1 Å². The number of hydrogen-bond acceptors (Lipinski definition) is 2. The lowest BCUT2D eigenvalue weighted by atomic mass is 10.0. The van der Waals surface area contributed by atoms with Gasteiger partial charge in [0, 0.05) is 14.0 Å². The molecule has 0 fully saturated rings. The molecule has 1 rings (SSSR count). The Morgan fingerprint density at radius 1 is 1.42 bits per heavy atom. The van der Waals surface area contributed by atoms with Crippen LogP contribution in [-0.4, -0.2) is 18.5 Å². The first kappa shape index (κ1) is 9.17. The van der Waals surface area contributed by atoms with Gasteiger partial charge in [-0.2, -0.15) is 0 Å². The van der Waals surface area contributed by atoms with Crippen LogP contribution in [0.2, 0.25) is 0 Å². The maximum atomic E-state index is 11.1. The average molecular weight is 165 g/mol. The number of rotatable bonds is 2. The molecule has 0 radical (unpaired) electrons. The van der Waals surface area contributed by atoms with Crippen LogP contribution in [-0.2, 0) is 4.79 Å². The van der Waals surface area contributed by atoms with Crippen LogP contribution in [0.5, 0.6) is 0 Å². The Hall–Kier alpha value is -0.920. The molecule has 0 aromatic heterocycles. The van der Waals surface area contributed by atoms with E-state index in [4.69, 9.17) is 0 Å². The second-order valence-corrected chi connectivity index (χ2v) is 3.24. The fraction of sp³-hybridized carbons (Fsp3) is 0.600. The number of Topliss-reactive ketones (excluding diaryl/α,β-unsaturated/α-hetero) is 1. The summed E-state index contributed by atoms with van der Waals surface area (Å²) >= 11 is 0. The third-order valence-electron chi connectivity index (χ3n) is 2.34. The molecule has 0 amide bonds. The standard InChI is InChI=1S/C10H15NO/c1-7-5-4-6-9(7)10(11-3)8(2)12/h4-6H2,1-3H3. The Kier molecular flexibility index (Phi) is 2.79. The van der Waals surface area contributed by atoms with E-state index in [2.05, 4.69) is 11.9 Å². The summed E-state index contributed by atoms with van der Waals surface area (Å²) in [5.41, 5.74) is 3.21. The molecule has 0 saturated carbocycles. The SMILES string of the molecule is CN=C(C(C)=O)C1=C(C)CCC1. The lowest BCUT2D eigenvalue weighted by molar-refractivity contribution is -0.111. The Bertz CT molecular complexity index is 261. The van der Waals surface area contributed by atoms with Crippen molar-refractivity contribution in [1.82, 2.24) is 0 Å². The normalized spacial score (nSPS) is 18.8. The Morgan fingerprint density at radius 2 is 2.08 bits per heavy atom. The Labute approximate surface area is 73.4 Å². The summed E-state index contributed by atoms with van der Waals surface area (Å²) in [5, 5.41) is 0. The van der Waals surface area contributed by atoms with Gasteiger partial charge in [0.2, 0.25) is 0 Å². The van der Waals surface area contributed by atoms with Crippen molar-refractivity contribution in [3.63, 3.8) is 0 Å². The third-order valence-corrected chi connectivity index (χ3v) is 2.34. The number of ketones is 1. The minimum Gasteiger partial charge on any atom is -0.293 e. The first-order valence-corrected chi connectivity index (χ1v) is 4.33. The van der Waals surface area contributed by atoms with Gasteiger partial charge in [0.05, 0.1) is 0 Å². The van der Waals surface area contributed by atoms with Gasteiger partial charge in [0.15, 0.2) is 5.78 Å². The fourth-order valence-electron chi connectivity index (χ4n) is 1.72. The Balaban J connectivity index is 2.95. The lowest BCUT2D eigenvalue weighted by Crippen LogP contribution is -2.12. The molecular formula is C10H15NO. The highest BCUT2D eigenvalue weighted by atomic mass is 16.1. The molecule has 0 aliphatic heterocycles. The summed E-state index contributed by atoms with van der Waals surface area (Å²) in [6, 6.07) is 0. The maximum absolute atomic E-state index is 11.1. The van der Waals surface area contributed by atoms with Crippen molar-refractivity contribution in [3.05, 3.63) is 11.1 Å². The second kappa shape index (κ2) is 3.65. The van der Waals surface area contributed by atoms with E-state index in [1.165, 1.54) is 17.6 Å². The molecule has 0 aromatic carbocycles. The number of carbonyl (C=O) groups excluding carboxylic acids is 1. The van der Waals surface area contributed by atoms with Crippen molar-refractivity contribution in [3.8, 4) is 0 Å². The summed E-state index contributed by atoms with van der Waals surface area (Å²) in [7, 11) is 1.69. The highest BCUT2D eigenvalue weighted by Crippen LogP contribution is 2.26. The predicted molar refractivity (Wildman–Crippen MR) is 50.6 cm³/mol. The van der Waals surface area contributed by atoms with Gasteiger partial charge in [-0.1, -0.05) is 5.57 Å². The zero-order chi connectivity index (χ0) is 9.14. The van der Waals surface area contributed by atoms with Crippen LogP contribution in [0.15, 0.2) is 16.1 Å². The zero-order valence-electron chi connectivity index (χ0n) is 7.98. The molecule has 0 N–H and O–H groups in total. The Morgan fingerprint density at radius 3 is 2.42 bits per heavy atom. The van der Waals surface area contributed by atoms with Gasteiger partial charge < -0.3 is 0 Å². The molecule has 1 aliphatic carbocycles.